The number of hydrogen-bond acceptors (Lipinski definition) is 7. The van der Waals surface area contributed by atoms with E-state index in [2.05, 4.69) is 4.90 Å². The van der Waals surface area contributed by atoms with E-state index in [0.29, 0.717) is 31.0 Å². The third-order valence-corrected chi connectivity index (χ3v) is 7.80. The molecule has 0 unspecified atom stereocenters. The molecule has 2 saturated heterocycles. The van der Waals surface area contributed by atoms with Gasteiger partial charge < -0.3 is 35.2 Å². The topological polar surface area (TPSA) is 126 Å². The van der Waals surface area contributed by atoms with Crippen LogP contribution in [0.15, 0.2) is 36.4 Å². The van der Waals surface area contributed by atoms with Crippen LogP contribution in [0.25, 0.3) is 0 Å². The van der Waals surface area contributed by atoms with Gasteiger partial charge in [0.25, 0.3) is 5.91 Å². The molecule has 10 heteroatoms. The fourth-order valence-electron chi connectivity index (χ4n) is 5.63. The number of likely N-dealkylation sites (tertiary alicyclic amines) is 2. The highest BCUT2D eigenvalue weighted by Crippen LogP contribution is 2.42. The van der Waals surface area contributed by atoms with Gasteiger partial charge in [0.2, 0.25) is 5.91 Å². The number of benzene rings is 2. The number of nitrogens with two attached hydrogens (primary N) is 1. The Morgan fingerprint density at radius 2 is 1.97 bits per heavy atom. The number of aromatic hydroxyl groups is 1. The van der Waals surface area contributed by atoms with Crippen LogP contribution in [0.3, 0.4) is 0 Å². The minimum Gasteiger partial charge on any atom is -0.508 e. The van der Waals surface area contributed by atoms with Crippen LogP contribution in [-0.4, -0.2) is 82.4 Å². The highest BCUT2D eigenvalue weighted by molar-refractivity contribution is 6.30. The van der Waals surface area contributed by atoms with E-state index in [-0.39, 0.29) is 35.2 Å². The normalized spacial score (nSPS) is 21.5. The third kappa shape index (κ3) is 5.49. The Hall–Kier alpha value is -3.01. The number of fused-ring (bicyclic) bond motifs is 1. The molecule has 2 aromatic rings. The van der Waals surface area contributed by atoms with Crippen LogP contribution >= 0.6 is 11.6 Å². The minimum atomic E-state index is -0.801. The molecule has 5 rings (SSSR count). The second kappa shape index (κ2) is 10.4. The van der Waals surface area contributed by atoms with Gasteiger partial charge in [-0.25, -0.2) is 0 Å². The maximum absolute atomic E-state index is 13.1. The van der Waals surface area contributed by atoms with Crippen molar-refractivity contribution in [3.05, 3.63) is 52.5 Å². The summed E-state index contributed by atoms with van der Waals surface area (Å²) in [6.07, 6.45) is 2.93. The molecule has 0 bridgehead atoms. The molecule has 2 atom stereocenters. The molecule has 37 heavy (non-hydrogen) atoms. The van der Waals surface area contributed by atoms with E-state index in [4.69, 9.17) is 26.8 Å². The zero-order valence-electron chi connectivity index (χ0n) is 20.6. The summed E-state index contributed by atoms with van der Waals surface area (Å²) in [5.41, 5.74) is 6.60. The number of primary amides is 1. The number of piperidine rings is 1. The lowest BCUT2D eigenvalue weighted by Crippen LogP contribution is -2.49. The molecule has 0 radical (unpaired) electrons. The van der Waals surface area contributed by atoms with Crippen molar-refractivity contribution in [1.29, 1.82) is 0 Å². The molecule has 198 valence electrons. The van der Waals surface area contributed by atoms with Gasteiger partial charge in [0.1, 0.15) is 41.6 Å². The van der Waals surface area contributed by atoms with Gasteiger partial charge in [-0.1, -0.05) is 11.6 Å². The van der Waals surface area contributed by atoms with Crippen molar-refractivity contribution in [1.82, 2.24) is 9.80 Å². The summed E-state index contributed by atoms with van der Waals surface area (Å²) in [7, 11) is 0. The van der Waals surface area contributed by atoms with Crippen LogP contribution in [0, 0.1) is 0 Å². The number of aliphatic hydroxyl groups excluding tert-OH is 1. The van der Waals surface area contributed by atoms with E-state index in [1.807, 2.05) is 18.2 Å². The number of carbonyl (C=O) groups excluding carboxylic acids is 2. The molecule has 0 saturated carbocycles. The Labute approximate surface area is 220 Å². The van der Waals surface area contributed by atoms with Crippen LogP contribution in [-0.2, 0) is 11.2 Å². The Kier molecular flexibility index (Phi) is 7.20. The summed E-state index contributed by atoms with van der Waals surface area (Å²) in [5, 5.41) is 21.4. The smallest absolute Gasteiger partial charge is 0.258 e. The monoisotopic (exact) mass is 529 g/mol. The van der Waals surface area contributed by atoms with Crippen molar-refractivity contribution in [2.75, 3.05) is 32.8 Å². The summed E-state index contributed by atoms with van der Waals surface area (Å²) < 4.78 is 12.1. The van der Waals surface area contributed by atoms with Gasteiger partial charge >= 0.3 is 0 Å². The molecule has 9 nitrogen and oxygen atoms in total. The quantitative estimate of drug-likeness (QED) is 0.502. The van der Waals surface area contributed by atoms with Gasteiger partial charge in [-0.05, 0) is 48.7 Å². The number of aliphatic hydroxyl groups is 1. The first kappa shape index (κ1) is 25.6. The van der Waals surface area contributed by atoms with Gasteiger partial charge in [-0.2, -0.15) is 0 Å². The lowest BCUT2D eigenvalue weighted by molar-refractivity contribution is -0.121. The molecule has 3 heterocycles. The fourth-order valence-corrected chi connectivity index (χ4v) is 5.82. The first-order chi connectivity index (χ1) is 17.7. The molecule has 0 aliphatic carbocycles. The van der Waals surface area contributed by atoms with Gasteiger partial charge in [-0.15, -0.1) is 0 Å². The van der Waals surface area contributed by atoms with Gasteiger partial charge in [0, 0.05) is 56.5 Å². The Morgan fingerprint density at radius 1 is 1.19 bits per heavy atom. The van der Waals surface area contributed by atoms with Crippen molar-refractivity contribution in [2.24, 2.45) is 5.73 Å². The summed E-state index contributed by atoms with van der Waals surface area (Å²) >= 11 is 6.14. The molecular formula is C27H32ClN3O6. The van der Waals surface area contributed by atoms with Crippen LogP contribution in [0.5, 0.6) is 17.2 Å². The maximum atomic E-state index is 13.1. The van der Waals surface area contributed by atoms with Gasteiger partial charge in [-0.3, -0.25) is 9.59 Å². The maximum Gasteiger partial charge on any atom is 0.258 e. The average molecular weight is 530 g/mol. The SMILES string of the molecule is NC(=O)[C@@H]1CCCN1C(=O)c1ccc(O)cc1OC[C@H](O)CN1CCC2(CC1)Cc1cc(Cl)ccc1O2. The first-order valence-corrected chi connectivity index (χ1v) is 13.0. The van der Waals surface area contributed by atoms with Gasteiger partial charge in [0.15, 0.2) is 0 Å². The number of rotatable bonds is 7. The highest BCUT2D eigenvalue weighted by Gasteiger charge is 2.42. The summed E-state index contributed by atoms with van der Waals surface area (Å²) in [4.78, 5) is 28.5. The van der Waals surface area contributed by atoms with Crippen molar-refractivity contribution in [2.45, 2.75) is 49.9 Å². The molecule has 3 aliphatic heterocycles. The first-order valence-electron chi connectivity index (χ1n) is 12.7. The standard InChI is InChI=1S/C27H32ClN3O6/c28-18-3-6-23-17(12-18)14-27(37-23)7-10-30(11-8-27)15-20(33)16-36-24-13-19(32)4-5-21(24)26(35)31-9-1-2-22(31)25(29)34/h3-6,12-13,20,22,32-33H,1-2,7-11,14-16H2,(H2,29,34)/t20-,22+/m1/s1. The lowest BCUT2D eigenvalue weighted by Gasteiger charge is -2.39. The zero-order valence-corrected chi connectivity index (χ0v) is 21.3. The molecule has 0 aromatic heterocycles. The number of carbonyl (C=O) groups is 2. The van der Waals surface area contributed by atoms with Crippen LogP contribution in [0.1, 0.15) is 41.6 Å². The van der Waals surface area contributed by atoms with Gasteiger partial charge in [0.05, 0.1) is 5.56 Å². The second-order valence-electron chi connectivity index (χ2n) is 10.2. The molecule has 3 aliphatic rings. The number of phenols is 1. The predicted octanol–water partition coefficient (Wildman–Crippen LogP) is 2.34. The molecule has 2 aromatic carbocycles. The third-order valence-electron chi connectivity index (χ3n) is 7.57. The number of hydrogen-bond donors (Lipinski definition) is 3. The van der Waals surface area contributed by atoms with E-state index >= 15 is 0 Å². The highest BCUT2D eigenvalue weighted by atomic mass is 35.5. The largest absolute Gasteiger partial charge is 0.508 e. The number of amides is 2. The van der Waals surface area contributed by atoms with Crippen LogP contribution < -0.4 is 15.2 Å². The molecule has 2 fully saturated rings. The Bertz CT molecular complexity index is 1180. The zero-order chi connectivity index (χ0) is 26.2. The second-order valence-corrected chi connectivity index (χ2v) is 10.7. The van der Waals surface area contributed by atoms with E-state index < -0.39 is 18.1 Å². The number of β-amino-alcohol motifs (C(OH)–C–C–N with tert-alkyl or cyclic N) is 1. The Morgan fingerprint density at radius 3 is 2.73 bits per heavy atom. The molecule has 4 N–H and O–H groups in total. The predicted molar refractivity (Wildman–Crippen MR) is 137 cm³/mol. The van der Waals surface area contributed by atoms with Crippen molar-refractivity contribution >= 4 is 23.4 Å². The fraction of sp³-hybridized carbons (Fsp3) is 0.481. The number of ether oxygens (including phenoxy) is 2. The van der Waals surface area contributed by atoms with Crippen molar-refractivity contribution in [3.63, 3.8) is 0 Å². The minimum absolute atomic E-state index is 0.0505. The molecule has 1 spiro atoms. The van der Waals surface area contributed by atoms with E-state index in [1.54, 1.807) is 0 Å². The number of nitrogens with zero attached hydrogens (tertiary/aromatic N) is 2. The van der Waals surface area contributed by atoms with E-state index in [0.717, 1.165) is 43.7 Å². The lowest BCUT2D eigenvalue weighted by atomic mass is 9.87. The summed E-state index contributed by atoms with van der Waals surface area (Å²) in [6, 6.07) is 9.30. The van der Waals surface area contributed by atoms with E-state index in [1.165, 1.54) is 23.1 Å². The molecule has 2 amide bonds. The van der Waals surface area contributed by atoms with Crippen molar-refractivity contribution < 1.29 is 29.3 Å². The van der Waals surface area contributed by atoms with Crippen LogP contribution in [0.2, 0.25) is 5.02 Å². The van der Waals surface area contributed by atoms with E-state index in [9.17, 15) is 19.8 Å². The number of phenolic OH excluding ortho intramolecular Hbond substituents is 1. The average Bonchev–Trinajstić information content (AvgIpc) is 3.49. The van der Waals surface area contributed by atoms with Crippen LogP contribution in [0.4, 0.5) is 0 Å². The molecular weight excluding hydrogens is 498 g/mol. The number of halogens is 1. The Balaban J connectivity index is 1.15. The summed E-state index contributed by atoms with van der Waals surface area (Å²) in [5.74, 6) is 0.0768. The summed E-state index contributed by atoms with van der Waals surface area (Å²) in [6.45, 7) is 2.34. The van der Waals surface area contributed by atoms with Crippen molar-refractivity contribution in [3.8, 4) is 17.2 Å².